The molecule has 12 amide bonds. The van der Waals surface area contributed by atoms with Gasteiger partial charge in [-0.1, -0.05) is 106 Å². The van der Waals surface area contributed by atoms with Crippen LogP contribution in [0.2, 0.25) is 0 Å². The highest BCUT2D eigenvalue weighted by Crippen LogP contribution is 2.30. The molecule has 1 aliphatic rings. The molecule has 0 spiro atoms. The van der Waals surface area contributed by atoms with Crippen LogP contribution in [0.4, 0.5) is 4.79 Å². The summed E-state index contributed by atoms with van der Waals surface area (Å²) in [6, 6.07) is 0.357. The Hall–Kier alpha value is -8.76. The zero-order valence-corrected chi connectivity index (χ0v) is 68.9. The molecule has 0 bridgehead atoms. The van der Waals surface area contributed by atoms with Gasteiger partial charge in [-0.2, -0.15) is 0 Å². The number of likely N-dealkylation sites (N-methyl/N-ethyl adjacent to an activating group) is 2. The number of carboxylic acid groups (broad SMARTS) is 1. The van der Waals surface area contributed by atoms with E-state index < -0.39 is 196 Å². The summed E-state index contributed by atoms with van der Waals surface area (Å²) < 4.78 is 27.9. The Bertz CT molecular complexity index is 3230. The summed E-state index contributed by atoms with van der Waals surface area (Å²) in [6.07, 6.45) is -10.8. The van der Waals surface area contributed by atoms with Crippen molar-refractivity contribution in [3.63, 3.8) is 0 Å². The number of hydrogen-bond donors (Lipinski definition) is 16. The molecule has 1 aromatic carbocycles. The molecule has 114 heavy (non-hydrogen) atoms. The SMILES string of the molecule is CC[C@H](C)[C@@H]([C@@H](CC(=O)N1CCC[C@H]1[C@H](OC)[C@@H](C)C(=O)N[C@@H](Cc1ccccc1)C(=O)NCCCOC(=O)C(C)NC(=O)CC(NC(=O)CCNC(=O)OCC(NC(=O)CNC(=O)CCNC(=O)CCOCC(C)(C)C)C(=O)NC[C@H](O)[C@@H](O)[C@H](O)[C@H](O)CO)C(=O)O)OC)N(C)C(=O)[C@@H](NC(=O)[C@H](C(C)C)N(C)C)C(C)C. The van der Waals surface area contributed by atoms with Gasteiger partial charge in [-0.25, -0.2) is 14.4 Å². The van der Waals surface area contributed by atoms with Crippen molar-refractivity contribution in [1.82, 2.24) is 67.9 Å². The van der Waals surface area contributed by atoms with Crippen molar-refractivity contribution in [2.75, 3.05) is 108 Å². The topological polar surface area (TPSA) is 537 Å². The van der Waals surface area contributed by atoms with Gasteiger partial charge < -0.3 is 117 Å². The molecule has 0 aromatic heterocycles. The Kier molecular flexibility index (Phi) is 46.2. The van der Waals surface area contributed by atoms with Crippen LogP contribution in [0.1, 0.15) is 140 Å². The van der Waals surface area contributed by atoms with Crippen LogP contribution in [0.15, 0.2) is 30.3 Å². The minimum Gasteiger partial charge on any atom is -0.480 e. The van der Waals surface area contributed by atoms with E-state index in [0.29, 0.717) is 32.4 Å². The summed E-state index contributed by atoms with van der Waals surface area (Å²) in [5.74, 6) is -11.1. The third kappa shape index (κ3) is 36.4. The number of hydrogen-bond acceptors (Lipinski definition) is 25. The van der Waals surface area contributed by atoms with Gasteiger partial charge in [0.05, 0.1) is 88.2 Å². The predicted molar refractivity (Wildman–Crippen MR) is 413 cm³/mol. The maximum absolute atomic E-state index is 14.6. The number of alkyl carbamates (subject to hydrolysis) is 1. The van der Waals surface area contributed by atoms with Crippen LogP contribution in [0.25, 0.3) is 0 Å². The second-order valence-corrected chi connectivity index (χ2v) is 30.7. The van der Waals surface area contributed by atoms with Crippen LogP contribution < -0.4 is 53.2 Å². The molecule has 16 atom stereocenters. The number of nitrogens with zero attached hydrogens (tertiary/aromatic N) is 3. The van der Waals surface area contributed by atoms with Gasteiger partial charge in [-0.3, -0.25) is 57.6 Å². The summed E-state index contributed by atoms with van der Waals surface area (Å²) in [5, 5.41) is 83.5. The van der Waals surface area contributed by atoms with Crippen LogP contribution in [0, 0.1) is 29.1 Å². The number of esters is 1. The molecular formula is C76H129N13O25. The minimum absolute atomic E-state index is 0.0322. The third-order valence-electron chi connectivity index (χ3n) is 19.1. The Morgan fingerprint density at radius 3 is 1.82 bits per heavy atom. The molecule has 1 fully saturated rings. The summed E-state index contributed by atoms with van der Waals surface area (Å²) in [4.78, 5) is 191. The van der Waals surface area contributed by atoms with Crippen molar-refractivity contribution in [2.24, 2.45) is 29.1 Å². The molecule has 0 aliphatic carbocycles. The number of carbonyl (C=O) groups is 14. The summed E-state index contributed by atoms with van der Waals surface area (Å²) in [6.45, 7) is 16.9. The number of carboxylic acids is 1. The first-order valence-corrected chi connectivity index (χ1v) is 38.6. The molecular weight excluding hydrogens is 1490 g/mol. The van der Waals surface area contributed by atoms with Crippen LogP contribution >= 0.6 is 0 Å². The highest BCUT2D eigenvalue weighted by atomic mass is 16.6. The molecule has 38 nitrogen and oxygen atoms in total. The summed E-state index contributed by atoms with van der Waals surface area (Å²) >= 11 is 0. The molecule has 2 rings (SSSR count). The van der Waals surface area contributed by atoms with Crippen molar-refractivity contribution in [2.45, 2.75) is 225 Å². The number of benzene rings is 1. The van der Waals surface area contributed by atoms with Gasteiger partial charge in [0.2, 0.25) is 65.0 Å². The van der Waals surface area contributed by atoms with Crippen molar-refractivity contribution in [3.8, 4) is 0 Å². The Morgan fingerprint density at radius 1 is 0.623 bits per heavy atom. The highest BCUT2D eigenvalue weighted by molar-refractivity contribution is 5.93. The normalized spacial score (nSPS) is 16.9. The van der Waals surface area contributed by atoms with Crippen LogP contribution in [-0.4, -0.2) is 321 Å². The standard InChI is InChI=1S/C76H129N13O25/c1-17-45(6)64(88(14)72(105)62(43(2)3)86-71(104)63(44(4)5)87(12)13)55(110-15)37-61(98)89-32-21-25-52(89)67(111-16)46(7)68(101)85-49(35-48-23-19-18-20-24-48)69(102)78-29-22-33-113-74(108)47(8)82-59(96)36-50(73(106)107)83-58(95)27-31-79-75(109)114-41-51(70(103)81-38-53(91)65(99)66(100)54(92)40-90)84-60(97)39-80-56(93)26-30-77-57(94)28-34-112-42-76(9,10)11/h18-20,23-24,43-47,49-55,62-67,90-92,99-100H,17,21-22,25-42H2,1-16H3,(H,77,94)(H,78,102)(H,79,109)(H,80,93)(H,81,103)(H,82,96)(H,83,95)(H,84,97)(H,85,101)(H,86,104)(H,106,107)/t45-,46+,47?,49-,50?,51?,52-,53-,54+,55+,62-,63-,64-,65+,66+,67+/m0/s1. The minimum atomic E-state index is -2.10. The average Bonchev–Trinajstić information content (AvgIpc) is 1.71. The number of ether oxygens (including phenoxy) is 5. The van der Waals surface area contributed by atoms with E-state index in [1.54, 1.807) is 54.1 Å². The smallest absolute Gasteiger partial charge is 0.407 e. The number of nitrogens with one attached hydrogen (secondary N) is 10. The molecule has 1 aromatic rings. The molecule has 0 saturated carbocycles. The molecule has 0 radical (unpaired) electrons. The monoisotopic (exact) mass is 1620 g/mol. The van der Waals surface area contributed by atoms with Gasteiger partial charge in [0, 0.05) is 79.7 Å². The van der Waals surface area contributed by atoms with E-state index in [1.807, 2.05) is 81.3 Å². The van der Waals surface area contributed by atoms with E-state index in [1.165, 1.54) is 21.1 Å². The highest BCUT2D eigenvalue weighted by Gasteiger charge is 2.44. The summed E-state index contributed by atoms with van der Waals surface area (Å²) in [7, 11) is 8.23. The Balaban J connectivity index is 2.03. The lowest BCUT2D eigenvalue weighted by Gasteiger charge is -2.41. The molecule has 38 heteroatoms. The maximum atomic E-state index is 14.6. The van der Waals surface area contributed by atoms with Crippen molar-refractivity contribution >= 4 is 83.0 Å². The lowest BCUT2D eigenvalue weighted by molar-refractivity contribution is -0.148. The predicted octanol–water partition coefficient (Wildman–Crippen LogP) is -2.90. The van der Waals surface area contributed by atoms with E-state index >= 15 is 0 Å². The first kappa shape index (κ1) is 101. The van der Waals surface area contributed by atoms with Crippen LogP contribution in [0.5, 0.6) is 0 Å². The Labute approximate surface area is 667 Å². The van der Waals surface area contributed by atoms with E-state index in [4.69, 9.17) is 28.8 Å². The number of likely N-dealkylation sites (tertiary alicyclic amines) is 1. The van der Waals surface area contributed by atoms with E-state index in [2.05, 4.69) is 53.2 Å². The molecule has 16 N–H and O–H groups in total. The maximum Gasteiger partial charge on any atom is 0.407 e. The second-order valence-electron chi connectivity index (χ2n) is 30.7. The van der Waals surface area contributed by atoms with Crippen LogP contribution in [-0.2, 0) is 92.4 Å². The third-order valence-corrected chi connectivity index (χ3v) is 19.1. The van der Waals surface area contributed by atoms with Gasteiger partial charge in [0.1, 0.15) is 55.1 Å². The van der Waals surface area contributed by atoms with E-state index in [9.17, 15) is 92.7 Å². The number of aliphatic carboxylic acids is 1. The number of methoxy groups -OCH3 is 2. The van der Waals surface area contributed by atoms with E-state index in [0.717, 1.165) is 5.56 Å². The number of amides is 12. The number of aliphatic hydroxyl groups is 5. The number of aliphatic hydroxyl groups excluding tert-OH is 5. The van der Waals surface area contributed by atoms with Gasteiger partial charge in [-0.05, 0) is 69.0 Å². The fourth-order valence-corrected chi connectivity index (χ4v) is 12.6. The lowest BCUT2D eigenvalue weighted by Crippen LogP contribution is -2.59. The molecule has 3 unspecified atom stereocenters. The fourth-order valence-electron chi connectivity index (χ4n) is 12.6. The zero-order chi connectivity index (χ0) is 86.3. The van der Waals surface area contributed by atoms with Gasteiger partial charge >= 0.3 is 18.0 Å². The summed E-state index contributed by atoms with van der Waals surface area (Å²) in [5.41, 5.74) is 0.614. The van der Waals surface area contributed by atoms with Crippen molar-refractivity contribution < 1.29 is 121 Å². The first-order chi connectivity index (χ1) is 53.5. The first-order valence-electron chi connectivity index (χ1n) is 38.6. The number of carbonyl (C=O) groups excluding carboxylic acids is 13. The quantitative estimate of drug-likeness (QED) is 0.0230. The molecule has 648 valence electrons. The van der Waals surface area contributed by atoms with Crippen LogP contribution in [0.3, 0.4) is 0 Å². The van der Waals surface area contributed by atoms with Crippen molar-refractivity contribution in [1.29, 1.82) is 0 Å². The zero-order valence-electron chi connectivity index (χ0n) is 68.9. The Morgan fingerprint density at radius 2 is 1.24 bits per heavy atom. The van der Waals surface area contributed by atoms with Crippen molar-refractivity contribution in [3.05, 3.63) is 35.9 Å². The largest absolute Gasteiger partial charge is 0.480 e. The molecule has 1 aliphatic heterocycles. The van der Waals surface area contributed by atoms with E-state index in [-0.39, 0.29) is 105 Å². The second kappa shape index (κ2) is 52.0. The van der Waals surface area contributed by atoms with Gasteiger partial charge in [0.15, 0.2) is 0 Å². The lowest BCUT2D eigenvalue weighted by atomic mass is 9.89. The van der Waals surface area contributed by atoms with Gasteiger partial charge in [-0.15, -0.1) is 0 Å². The van der Waals surface area contributed by atoms with Gasteiger partial charge in [0.25, 0.3) is 0 Å². The average molecular weight is 1620 g/mol. The fraction of sp³-hybridized carbons (Fsp3) is 0.737. The molecule has 1 saturated heterocycles. The molecule has 1 heterocycles. The number of rotatable bonds is 53.